The van der Waals surface area contributed by atoms with E-state index >= 15 is 0 Å². The molecule has 0 aliphatic carbocycles. The maximum absolute atomic E-state index is 12.8. The summed E-state index contributed by atoms with van der Waals surface area (Å²) in [5, 5.41) is 0.567. The first-order valence-corrected chi connectivity index (χ1v) is 6.23. The number of rotatable bonds is 1. The van der Waals surface area contributed by atoms with Gasteiger partial charge in [-0.1, -0.05) is 9.95 Å². The lowest BCUT2D eigenvalue weighted by molar-refractivity contribution is 0.554. The van der Waals surface area contributed by atoms with E-state index in [9.17, 15) is 16.7 Å². The summed E-state index contributed by atoms with van der Waals surface area (Å²) in [7, 11) is -4.71. The third-order valence-corrected chi connectivity index (χ3v) is 4.72. The molecule has 2 rings (SSSR count). The van der Waals surface area contributed by atoms with Crippen LogP contribution in [-0.4, -0.2) is 8.42 Å². The SMILES string of the molecule is Cc1c(S(=O)(=O)F)sc2cc(F)ccc12. The van der Waals surface area contributed by atoms with Gasteiger partial charge in [-0.3, -0.25) is 0 Å². The van der Waals surface area contributed by atoms with Gasteiger partial charge in [0.1, 0.15) is 5.82 Å². The minimum Gasteiger partial charge on any atom is -0.207 e. The molecule has 1 aromatic carbocycles. The zero-order valence-electron chi connectivity index (χ0n) is 7.62. The molecule has 1 heterocycles. The van der Waals surface area contributed by atoms with Crippen LogP contribution in [0.3, 0.4) is 0 Å². The molecule has 0 spiro atoms. The molecule has 0 atom stereocenters. The summed E-state index contributed by atoms with van der Waals surface area (Å²) >= 11 is 0.742. The molecule has 0 aliphatic rings. The smallest absolute Gasteiger partial charge is 0.207 e. The van der Waals surface area contributed by atoms with Crippen molar-refractivity contribution in [2.24, 2.45) is 0 Å². The zero-order valence-corrected chi connectivity index (χ0v) is 9.25. The Kier molecular flexibility index (Phi) is 2.27. The van der Waals surface area contributed by atoms with Crippen molar-refractivity contribution in [1.29, 1.82) is 0 Å². The summed E-state index contributed by atoms with van der Waals surface area (Å²) < 4.78 is 47.3. The molecule has 6 heteroatoms. The molecule has 2 aromatic rings. The van der Waals surface area contributed by atoms with E-state index in [4.69, 9.17) is 0 Å². The van der Waals surface area contributed by atoms with Crippen LogP contribution in [0.15, 0.2) is 22.4 Å². The predicted octanol–water partition coefficient (Wildman–Crippen LogP) is 3.01. The summed E-state index contributed by atoms with van der Waals surface area (Å²) in [5.41, 5.74) is 0.331. The van der Waals surface area contributed by atoms with Gasteiger partial charge >= 0.3 is 10.2 Å². The van der Waals surface area contributed by atoms with E-state index < -0.39 is 16.0 Å². The number of fused-ring (bicyclic) bond motifs is 1. The fourth-order valence-corrected chi connectivity index (χ4v) is 3.52. The van der Waals surface area contributed by atoms with Gasteiger partial charge in [0.15, 0.2) is 4.21 Å². The topological polar surface area (TPSA) is 34.1 Å². The highest BCUT2D eigenvalue weighted by atomic mass is 32.3. The largest absolute Gasteiger partial charge is 0.341 e. The quantitative estimate of drug-likeness (QED) is 0.727. The van der Waals surface area contributed by atoms with Gasteiger partial charge in [0.25, 0.3) is 0 Å². The van der Waals surface area contributed by atoms with Gasteiger partial charge in [-0.2, -0.15) is 8.42 Å². The van der Waals surface area contributed by atoms with E-state index in [0.29, 0.717) is 15.6 Å². The second kappa shape index (κ2) is 3.24. The number of thiophene rings is 1. The van der Waals surface area contributed by atoms with Crippen molar-refractivity contribution in [3.05, 3.63) is 29.6 Å². The molecule has 80 valence electrons. The highest BCUT2D eigenvalue weighted by molar-refractivity contribution is 7.88. The second-order valence-electron chi connectivity index (χ2n) is 3.09. The average molecular weight is 248 g/mol. The van der Waals surface area contributed by atoms with Crippen LogP contribution >= 0.6 is 11.3 Å². The van der Waals surface area contributed by atoms with Gasteiger partial charge in [0.2, 0.25) is 0 Å². The minimum absolute atomic E-state index is 0.331. The molecule has 1 aromatic heterocycles. The average Bonchev–Trinajstić information content (AvgIpc) is 2.42. The van der Waals surface area contributed by atoms with Crippen molar-refractivity contribution in [2.75, 3.05) is 0 Å². The van der Waals surface area contributed by atoms with Crippen LogP contribution in [0, 0.1) is 12.7 Å². The Morgan fingerprint density at radius 3 is 2.60 bits per heavy atom. The molecule has 0 unspecified atom stereocenters. The summed E-state index contributed by atoms with van der Waals surface area (Å²) in [6.07, 6.45) is 0. The Hall–Kier alpha value is -1.01. The number of hydrogen-bond donors (Lipinski definition) is 0. The predicted molar refractivity (Wildman–Crippen MR) is 54.8 cm³/mol. The zero-order chi connectivity index (χ0) is 11.2. The molecule has 0 saturated heterocycles. The van der Waals surface area contributed by atoms with Crippen LogP contribution in [-0.2, 0) is 10.2 Å². The lowest BCUT2D eigenvalue weighted by atomic mass is 10.2. The van der Waals surface area contributed by atoms with Crippen LogP contribution in [0.2, 0.25) is 0 Å². The summed E-state index contributed by atoms with van der Waals surface area (Å²) in [5.74, 6) is -0.466. The van der Waals surface area contributed by atoms with Gasteiger partial charge in [-0.05, 0) is 30.0 Å². The van der Waals surface area contributed by atoms with Crippen molar-refractivity contribution in [1.82, 2.24) is 0 Å². The summed E-state index contributed by atoms with van der Waals surface area (Å²) in [6.45, 7) is 1.50. The standard InChI is InChI=1S/C9H6F2O2S2/c1-5-7-3-2-6(10)4-8(7)14-9(5)15(11,12)13/h2-4H,1H3. The van der Waals surface area contributed by atoms with Crippen molar-refractivity contribution in [2.45, 2.75) is 11.1 Å². The van der Waals surface area contributed by atoms with Crippen molar-refractivity contribution < 1.29 is 16.7 Å². The molecule has 0 N–H and O–H groups in total. The Balaban J connectivity index is 2.87. The molecule has 0 aliphatic heterocycles. The van der Waals surface area contributed by atoms with Gasteiger partial charge in [-0.25, -0.2) is 4.39 Å². The van der Waals surface area contributed by atoms with E-state index in [0.717, 1.165) is 11.3 Å². The molecule has 0 fully saturated rings. The fraction of sp³-hybridized carbons (Fsp3) is 0.111. The lowest BCUT2D eigenvalue weighted by Gasteiger charge is -1.91. The molecule has 0 bridgehead atoms. The van der Waals surface area contributed by atoms with Crippen LogP contribution in [0.5, 0.6) is 0 Å². The molecule has 2 nitrogen and oxygen atoms in total. The van der Waals surface area contributed by atoms with Crippen LogP contribution in [0.4, 0.5) is 8.28 Å². The molecule has 0 amide bonds. The Bertz CT molecular complexity index is 629. The number of benzene rings is 1. The number of hydrogen-bond acceptors (Lipinski definition) is 3. The molecule has 0 radical (unpaired) electrons. The number of aryl methyl sites for hydroxylation is 1. The fourth-order valence-electron chi connectivity index (χ4n) is 1.41. The molecular formula is C9H6F2O2S2. The molecule has 15 heavy (non-hydrogen) atoms. The first kappa shape index (κ1) is 10.5. The first-order chi connectivity index (χ1) is 6.89. The maximum atomic E-state index is 12.8. The minimum atomic E-state index is -4.71. The molecule has 0 saturated carbocycles. The first-order valence-electron chi connectivity index (χ1n) is 4.03. The van der Waals surface area contributed by atoms with Crippen molar-refractivity contribution >= 4 is 31.6 Å². The van der Waals surface area contributed by atoms with Crippen molar-refractivity contribution in [3.8, 4) is 0 Å². The highest BCUT2D eigenvalue weighted by Gasteiger charge is 2.20. The van der Waals surface area contributed by atoms with E-state index in [2.05, 4.69) is 0 Å². The number of halogens is 2. The molecular weight excluding hydrogens is 242 g/mol. The van der Waals surface area contributed by atoms with E-state index in [1.165, 1.54) is 25.1 Å². The normalized spacial score (nSPS) is 12.2. The van der Waals surface area contributed by atoms with E-state index in [-0.39, 0.29) is 4.21 Å². The summed E-state index contributed by atoms with van der Waals surface area (Å²) in [6, 6.07) is 3.86. The second-order valence-corrected chi connectivity index (χ2v) is 5.69. The van der Waals surface area contributed by atoms with Gasteiger partial charge in [0, 0.05) is 4.70 Å². The monoisotopic (exact) mass is 248 g/mol. The van der Waals surface area contributed by atoms with E-state index in [1.807, 2.05) is 0 Å². The maximum Gasteiger partial charge on any atom is 0.341 e. The van der Waals surface area contributed by atoms with Crippen LogP contribution in [0.1, 0.15) is 5.56 Å². The van der Waals surface area contributed by atoms with Crippen molar-refractivity contribution in [3.63, 3.8) is 0 Å². The lowest BCUT2D eigenvalue weighted by Crippen LogP contribution is -1.89. The van der Waals surface area contributed by atoms with Gasteiger partial charge < -0.3 is 0 Å². The van der Waals surface area contributed by atoms with E-state index in [1.54, 1.807) is 0 Å². The Morgan fingerprint density at radius 1 is 1.33 bits per heavy atom. The van der Waals surface area contributed by atoms with Gasteiger partial charge in [-0.15, -0.1) is 11.3 Å². The highest BCUT2D eigenvalue weighted by Crippen LogP contribution is 2.35. The van der Waals surface area contributed by atoms with Crippen LogP contribution < -0.4 is 0 Å². The van der Waals surface area contributed by atoms with Gasteiger partial charge in [0.05, 0.1) is 0 Å². The third kappa shape index (κ3) is 1.74. The van der Waals surface area contributed by atoms with Crippen LogP contribution in [0.25, 0.3) is 10.1 Å². The Labute approximate surface area is 89.4 Å². The third-order valence-electron chi connectivity index (χ3n) is 2.08. The summed E-state index contributed by atoms with van der Waals surface area (Å²) in [4.78, 5) is 0. The Morgan fingerprint density at radius 2 is 2.00 bits per heavy atom.